The van der Waals surface area contributed by atoms with Gasteiger partial charge in [0.15, 0.2) is 0 Å². The van der Waals surface area contributed by atoms with Crippen molar-refractivity contribution in [3.05, 3.63) is 54.1 Å². The summed E-state index contributed by atoms with van der Waals surface area (Å²) in [7, 11) is 0. The number of rotatable bonds is 10. The molecule has 1 amide bonds. The predicted molar refractivity (Wildman–Crippen MR) is 111 cm³/mol. The van der Waals surface area contributed by atoms with E-state index in [-0.39, 0.29) is 0 Å². The Balaban J connectivity index is 2.00. The average Bonchev–Trinajstić information content (AvgIpc) is 2.69. The summed E-state index contributed by atoms with van der Waals surface area (Å²) in [6, 6.07) is 13.1. The van der Waals surface area contributed by atoms with E-state index in [4.69, 9.17) is 33.0 Å². The van der Waals surface area contributed by atoms with Crippen molar-refractivity contribution in [2.24, 2.45) is 0 Å². The van der Waals surface area contributed by atoms with Crippen LogP contribution in [0.3, 0.4) is 0 Å². The Hall–Kier alpha value is -2.44. The van der Waals surface area contributed by atoms with Crippen LogP contribution in [0.2, 0.25) is 0 Å². The van der Waals surface area contributed by atoms with E-state index >= 15 is 0 Å². The number of carboxylic acids is 1. The average molecular weight is 425 g/mol. The molecule has 2 aromatic rings. The summed E-state index contributed by atoms with van der Waals surface area (Å²) in [5.74, 6) is 0.698. The molecular weight excluding hydrogens is 403 g/mol. The molecule has 0 fully saturated rings. The highest BCUT2D eigenvalue weighted by atomic mass is 35.5. The van der Waals surface area contributed by atoms with E-state index < -0.39 is 17.9 Å². The van der Waals surface area contributed by atoms with Crippen molar-refractivity contribution in [1.82, 2.24) is 5.32 Å². The number of ether oxygens (including phenoxy) is 1. The summed E-state index contributed by atoms with van der Waals surface area (Å²) < 4.78 is 5.79. The van der Waals surface area contributed by atoms with E-state index in [1.165, 1.54) is 6.92 Å². The van der Waals surface area contributed by atoms with Crippen LogP contribution in [-0.4, -0.2) is 47.9 Å². The van der Waals surface area contributed by atoms with Crippen LogP contribution in [0, 0.1) is 0 Å². The number of amides is 1. The van der Waals surface area contributed by atoms with Gasteiger partial charge in [-0.15, -0.1) is 23.2 Å². The third kappa shape index (κ3) is 6.32. The fourth-order valence-electron chi connectivity index (χ4n) is 2.45. The topological polar surface area (TPSA) is 78.9 Å². The number of halogens is 2. The maximum absolute atomic E-state index is 12.0. The summed E-state index contributed by atoms with van der Waals surface area (Å²) in [6.07, 6.45) is 0. The van der Waals surface area contributed by atoms with Crippen LogP contribution in [0.5, 0.6) is 11.5 Å². The van der Waals surface area contributed by atoms with Gasteiger partial charge in [-0.25, -0.2) is 0 Å². The fraction of sp³-hybridized carbons (Fsp3) is 0.300. The van der Waals surface area contributed by atoms with Crippen LogP contribution >= 0.6 is 23.2 Å². The number of anilines is 1. The Morgan fingerprint density at radius 2 is 1.50 bits per heavy atom. The van der Waals surface area contributed by atoms with Gasteiger partial charge in [0.05, 0.1) is 0 Å². The Morgan fingerprint density at radius 3 is 1.96 bits per heavy atom. The van der Waals surface area contributed by atoms with Crippen molar-refractivity contribution in [3.63, 3.8) is 0 Å². The van der Waals surface area contributed by atoms with Crippen LogP contribution in [-0.2, 0) is 4.79 Å². The van der Waals surface area contributed by atoms with Crippen molar-refractivity contribution < 1.29 is 19.4 Å². The SMILES string of the molecule is C[C@H](NC(=O)c1ccc(Oc2ccc(N(CCCl)CCCl)cc2)cc1)C(=O)O. The molecule has 0 saturated heterocycles. The summed E-state index contributed by atoms with van der Waals surface area (Å²) in [4.78, 5) is 24.9. The molecule has 2 N–H and O–H groups in total. The molecule has 0 bridgehead atoms. The third-order valence-electron chi connectivity index (χ3n) is 3.98. The van der Waals surface area contributed by atoms with Gasteiger partial charge < -0.3 is 20.1 Å². The fourth-order valence-corrected chi connectivity index (χ4v) is 2.86. The Kier molecular flexibility index (Phi) is 8.42. The first-order valence-electron chi connectivity index (χ1n) is 8.73. The van der Waals surface area contributed by atoms with Gasteiger partial charge in [0.1, 0.15) is 17.5 Å². The summed E-state index contributed by atoms with van der Waals surface area (Å²) in [6.45, 7) is 2.82. The molecule has 0 aliphatic heterocycles. The van der Waals surface area contributed by atoms with Gasteiger partial charge in [-0.2, -0.15) is 0 Å². The van der Waals surface area contributed by atoms with Crippen LogP contribution in [0.1, 0.15) is 17.3 Å². The molecule has 0 radical (unpaired) electrons. The Morgan fingerprint density at radius 1 is 1.00 bits per heavy atom. The molecule has 1 atom stereocenters. The minimum Gasteiger partial charge on any atom is -0.480 e. The van der Waals surface area contributed by atoms with Crippen LogP contribution in [0.25, 0.3) is 0 Å². The van der Waals surface area contributed by atoms with Gasteiger partial charge in [-0.1, -0.05) is 0 Å². The normalized spacial score (nSPS) is 11.5. The van der Waals surface area contributed by atoms with Crippen molar-refractivity contribution in [2.75, 3.05) is 29.7 Å². The van der Waals surface area contributed by atoms with Crippen molar-refractivity contribution in [2.45, 2.75) is 13.0 Å². The summed E-state index contributed by atoms with van der Waals surface area (Å²) in [5, 5.41) is 11.2. The van der Waals surface area contributed by atoms with E-state index in [9.17, 15) is 9.59 Å². The second kappa shape index (κ2) is 10.8. The predicted octanol–water partition coefficient (Wildman–Crippen LogP) is 3.97. The lowest BCUT2D eigenvalue weighted by Crippen LogP contribution is -2.38. The van der Waals surface area contributed by atoms with Crippen molar-refractivity contribution in [1.29, 1.82) is 0 Å². The van der Waals surface area contributed by atoms with Crippen LogP contribution in [0.15, 0.2) is 48.5 Å². The first-order chi connectivity index (χ1) is 13.4. The number of nitrogens with zero attached hydrogens (tertiary/aromatic N) is 1. The number of aliphatic carboxylic acids is 1. The maximum Gasteiger partial charge on any atom is 0.325 e. The molecule has 0 unspecified atom stereocenters. The summed E-state index contributed by atoms with van der Waals surface area (Å²) >= 11 is 11.7. The van der Waals surface area contributed by atoms with Gasteiger partial charge >= 0.3 is 5.97 Å². The molecule has 8 heteroatoms. The highest BCUT2D eigenvalue weighted by Crippen LogP contribution is 2.25. The number of benzene rings is 2. The first kappa shape index (κ1) is 21.9. The van der Waals surface area contributed by atoms with Crippen LogP contribution in [0.4, 0.5) is 5.69 Å². The van der Waals surface area contributed by atoms with Gasteiger partial charge in [-0.05, 0) is 55.5 Å². The van der Waals surface area contributed by atoms with Gasteiger partial charge in [0.2, 0.25) is 0 Å². The molecule has 0 saturated carbocycles. The smallest absolute Gasteiger partial charge is 0.325 e. The molecule has 0 heterocycles. The van der Waals surface area contributed by atoms with E-state index in [0.29, 0.717) is 41.9 Å². The van der Waals surface area contributed by atoms with E-state index in [2.05, 4.69) is 10.2 Å². The number of hydrogen-bond acceptors (Lipinski definition) is 4. The highest BCUT2D eigenvalue weighted by molar-refractivity contribution is 6.18. The highest BCUT2D eigenvalue weighted by Gasteiger charge is 2.15. The molecule has 0 aliphatic carbocycles. The number of nitrogens with one attached hydrogen (secondary N) is 1. The Labute approximate surface area is 174 Å². The second-order valence-corrected chi connectivity index (χ2v) is 6.77. The van der Waals surface area contributed by atoms with E-state index in [0.717, 1.165) is 5.69 Å². The molecule has 6 nitrogen and oxygen atoms in total. The molecule has 0 spiro atoms. The molecule has 2 rings (SSSR count). The zero-order valence-corrected chi connectivity index (χ0v) is 16.9. The molecule has 0 aliphatic rings. The van der Waals surface area contributed by atoms with Gasteiger partial charge in [0.25, 0.3) is 5.91 Å². The minimum atomic E-state index is -1.09. The zero-order valence-electron chi connectivity index (χ0n) is 15.4. The molecule has 28 heavy (non-hydrogen) atoms. The molecule has 2 aromatic carbocycles. The van der Waals surface area contributed by atoms with Gasteiger partial charge in [-0.3, -0.25) is 9.59 Å². The lowest BCUT2D eigenvalue weighted by atomic mass is 10.2. The lowest BCUT2D eigenvalue weighted by molar-refractivity contribution is -0.138. The van der Waals surface area contributed by atoms with E-state index in [1.54, 1.807) is 24.3 Å². The molecular formula is C20H22Cl2N2O4. The van der Waals surface area contributed by atoms with Crippen molar-refractivity contribution >= 4 is 40.8 Å². The number of alkyl halides is 2. The molecule has 150 valence electrons. The van der Waals surface area contributed by atoms with Gasteiger partial charge in [0, 0.05) is 36.1 Å². The lowest BCUT2D eigenvalue weighted by Gasteiger charge is -2.23. The first-order valence-corrected chi connectivity index (χ1v) is 9.80. The van der Waals surface area contributed by atoms with E-state index in [1.807, 2.05) is 24.3 Å². The monoisotopic (exact) mass is 424 g/mol. The third-order valence-corrected chi connectivity index (χ3v) is 4.32. The van der Waals surface area contributed by atoms with Crippen LogP contribution < -0.4 is 15.0 Å². The van der Waals surface area contributed by atoms with Crippen molar-refractivity contribution in [3.8, 4) is 11.5 Å². The number of carboxylic acid groups (broad SMARTS) is 1. The standard InChI is InChI=1S/C20H22Cl2N2O4/c1-14(20(26)27)23-19(25)15-2-6-17(7-3-15)28-18-8-4-16(5-9-18)24(12-10-21)13-11-22/h2-9,14H,10-13H2,1H3,(H,23,25)(H,26,27)/t14-/m0/s1. The number of carbonyl (C=O) groups is 2. The number of hydrogen-bond donors (Lipinski definition) is 2. The quantitative estimate of drug-likeness (QED) is 0.564. The zero-order chi connectivity index (χ0) is 20.5. The minimum absolute atomic E-state index is 0.355. The Bertz CT molecular complexity index is 776. The summed E-state index contributed by atoms with van der Waals surface area (Å²) in [5.41, 5.74) is 1.36. The second-order valence-electron chi connectivity index (χ2n) is 6.02. The maximum atomic E-state index is 12.0. The largest absolute Gasteiger partial charge is 0.480 e. The molecule has 0 aromatic heterocycles. The number of carbonyl (C=O) groups excluding carboxylic acids is 1.